The Kier molecular flexibility index (Phi) is 3.87. The summed E-state index contributed by atoms with van der Waals surface area (Å²) in [5.41, 5.74) is 0.747. The first-order valence-corrected chi connectivity index (χ1v) is 7.42. The predicted octanol–water partition coefficient (Wildman–Crippen LogP) is 3.68. The van der Waals surface area contributed by atoms with E-state index in [1.54, 1.807) is 6.20 Å². The van der Waals surface area contributed by atoms with Crippen LogP contribution in [0.2, 0.25) is 0 Å². The molecule has 0 bridgehead atoms. The van der Waals surface area contributed by atoms with Crippen molar-refractivity contribution in [3.63, 3.8) is 0 Å². The van der Waals surface area contributed by atoms with E-state index in [4.69, 9.17) is 4.52 Å². The van der Waals surface area contributed by atoms with E-state index in [0.29, 0.717) is 11.7 Å². The van der Waals surface area contributed by atoms with Gasteiger partial charge in [0.05, 0.1) is 0 Å². The molecule has 0 saturated carbocycles. The molecule has 102 valence electrons. The van der Waals surface area contributed by atoms with Gasteiger partial charge in [0.25, 0.3) is 0 Å². The van der Waals surface area contributed by atoms with Gasteiger partial charge >= 0.3 is 0 Å². The van der Waals surface area contributed by atoms with Gasteiger partial charge < -0.3 is 4.52 Å². The van der Waals surface area contributed by atoms with E-state index in [1.807, 2.05) is 29.5 Å². The van der Waals surface area contributed by atoms with Crippen molar-refractivity contribution in [1.29, 1.82) is 0 Å². The van der Waals surface area contributed by atoms with Crippen LogP contribution in [0.5, 0.6) is 0 Å². The Morgan fingerprint density at radius 3 is 2.85 bits per heavy atom. The minimum absolute atomic E-state index is 0.563. The van der Waals surface area contributed by atoms with Crippen molar-refractivity contribution in [3.05, 3.63) is 52.2 Å². The van der Waals surface area contributed by atoms with Crippen LogP contribution in [0.3, 0.4) is 0 Å². The van der Waals surface area contributed by atoms with E-state index in [1.165, 1.54) is 9.75 Å². The maximum absolute atomic E-state index is 5.26. The van der Waals surface area contributed by atoms with Crippen molar-refractivity contribution < 1.29 is 4.52 Å². The van der Waals surface area contributed by atoms with Crippen LogP contribution in [0, 0.1) is 6.92 Å². The lowest BCUT2D eigenvalue weighted by Crippen LogP contribution is -1.89. The third kappa shape index (κ3) is 3.11. The van der Waals surface area contributed by atoms with Crippen LogP contribution < -0.4 is 0 Å². The first kappa shape index (κ1) is 13.0. The molecule has 5 heteroatoms. The lowest BCUT2D eigenvalue weighted by Gasteiger charge is -1.94. The molecule has 20 heavy (non-hydrogen) atoms. The summed E-state index contributed by atoms with van der Waals surface area (Å²) in [6.07, 6.45) is 4.60. The molecule has 0 aliphatic carbocycles. The number of aryl methyl sites for hydroxylation is 3. The number of hydrogen-bond acceptors (Lipinski definition) is 5. The lowest BCUT2D eigenvalue weighted by atomic mass is 10.2. The third-order valence-corrected chi connectivity index (χ3v) is 4.03. The first-order chi connectivity index (χ1) is 9.81. The van der Waals surface area contributed by atoms with Crippen LogP contribution in [0.25, 0.3) is 11.5 Å². The molecule has 0 fully saturated rings. The zero-order valence-corrected chi connectivity index (χ0v) is 12.1. The van der Waals surface area contributed by atoms with Crippen molar-refractivity contribution in [2.75, 3.05) is 0 Å². The normalized spacial score (nSPS) is 10.8. The van der Waals surface area contributed by atoms with Gasteiger partial charge in [-0.05, 0) is 44.0 Å². The minimum atomic E-state index is 0.563. The highest BCUT2D eigenvalue weighted by Gasteiger charge is 2.09. The van der Waals surface area contributed by atoms with Gasteiger partial charge in [-0.2, -0.15) is 4.98 Å². The standard InChI is InChI=1S/C15H15N3OS/c1-11-8-9-12(20-11)5-4-7-14-17-15(18-19-14)13-6-2-3-10-16-13/h2-3,6,8-10H,4-5,7H2,1H3. The average Bonchev–Trinajstić information content (AvgIpc) is 3.09. The van der Waals surface area contributed by atoms with Gasteiger partial charge in [0.15, 0.2) is 0 Å². The fourth-order valence-corrected chi connectivity index (χ4v) is 2.92. The van der Waals surface area contributed by atoms with Crippen LogP contribution in [0.1, 0.15) is 22.1 Å². The van der Waals surface area contributed by atoms with Crippen LogP contribution in [0.4, 0.5) is 0 Å². The predicted molar refractivity (Wildman–Crippen MR) is 78.6 cm³/mol. The zero-order chi connectivity index (χ0) is 13.8. The van der Waals surface area contributed by atoms with Gasteiger partial charge in [-0.15, -0.1) is 11.3 Å². The van der Waals surface area contributed by atoms with Gasteiger partial charge in [-0.1, -0.05) is 11.2 Å². The molecule has 0 aliphatic rings. The maximum atomic E-state index is 5.26. The molecular weight excluding hydrogens is 270 g/mol. The number of thiophene rings is 1. The molecule has 3 aromatic rings. The summed E-state index contributed by atoms with van der Waals surface area (Å²) in [6, 6.07) is 10.0. The molecule has 0 N–H and O–H groups in total. The van der Waals surface area contributed by atoms with Crippen molar-refractivity contribution in [3.8, 4) is 11.5 Å². The Morgan fingerprint density at radius 1 is 1.15 bits per heavy atom. The van der Waals surface area contributed by atoms with Crippen LogP contribution in [-0.2, 0) is 12.8 Å². The molecule has 0 spiro atoms. The van der Waals surface area contributed by atoms with Crippen molar-refractivity contribution >= 4 is 11.3 Å². The molecule has 0 radical (unpaired) electrons. The molecule has 0 aliphatic heterocycles. The second-order valence-corrected chi connectivity index (χ2v) is 5.97. The van der Waals surface area contributed by atoms with Gasteiger partial charge in [-0.3, -0.25) is 4.98 Å². The number of aromatic nitrogens is 3. The second-order valence-electron chi connectivity index (χ2n) is 4.59. The van der Waals surface area contributed by atoms with Crippen LogP contribution in [0.15, 0.2) is 41.1 Å². The zero-order valence-electron chi connectivity index (χ0n) is 11.2. The monoisotopic (exact) mass is 285 g/mol. The highest BCUT2D eigenvalue weighted by Crippen LogP contribution is 2.18. The van der Waals surface area contributed by atoms with Gasteiger partial charge in [0.1, 0.15) is 5.69 Å². The smallest absolute Gasteiger partial charge is 0.227 e. The van der Waals surface area contributed by atoms with Gasteiger partial charge in [0, 0.05) is 22.4 Å². The maximum Gasteiger partial charge on any atom is 0.227 e. The fourth-order valence-electron chi connectivity index (χ4n) is 1.99. The Morgan fingerprint density at radius 2 is 2.10 bits per heavy atom. The summed E-state index contributed by atoms with van der Waals surface area (Å²) >= 11 is 1.85. The summed E-state index contributed by atoms with van der Waals surface area (Å²) < 4.78 is 5.26. The summed E-state index contributed by atoms with van der Waals surface area (Å²) in [6.45, 7) is 2.13. The van der Waals surface area contributed by atoms with Crippen molar-refractivity contribution in [1.82, 2.24) is 15.1 Å². The van der Waals surface area contributed by atoms with Crippen molar-refractivity contribution in [2.45, 2.75) is 26.2 Å². The van der Waals surface area contributed by atoms with Gasteiger partial charge in [-0.25, -0.2) is 0 Å². The lowest BCUT2D eigenvalue weighted by molar-refractivity contribution is 0.376. The average molecular weight is 285 g/mol. The SMILES string of the molecule is Cc1ccc(CCCc2nc(-c3ccccn3)no2)s1. The highest BCUT2D eigenvalue weighted by molar-refractivity contribution is 7.11. The number of nitrogens with zero attached hydrogens (tertiary/aromatic N) is 3. The quantitative estimate of drug-likeness (QED) is 0.717. The Labute approximate surface area is 121 Å². The molecule has 0 unspecified atom stereocenters. The van der Waals surface area contributed by atoms with E-state index in [0.717, 1.165) is 25.0 Å². The Hall–Kier alpha value is -2.01. The van der Waals surface area contributed by atoms with Crippen molar-refractivity contribution in [2.24, 2.45) is 0 Å². The Bertz CT molecular complexity index is 675. The third-order valence-electron chi connectivity index (χ3n) is 2.97. The van der Waals surface area contributed by atoms with E-state index >= 15 is 0 Å². The van der Waals surface area contributed by atoms with E-state index < -0.39 is 0 Å². The van der Waals surface area contributed by atoms with Crippen LogP contribution >= 0.6 is 11.3 Å². The first-order valence-electron chi connectivity index (χ1n) is 6.60. The molecule has 0 amide bonds. The molecular formula is C15H15N3OS. The molecule has 3 rings (SSSR count). The van der Waals surface area contributed by atoms with E-state index in [-0.39, 0.29) is 0 Å². The summed E-state index contributed by atoms with van der Waals surface area (Å²) in [4.78, 5) is 11.4. The van der Waals surface area contributed by atoms with Crippen LogP contribution in [-0.4, -0.2) is 15.1 Å². The molecule has 0 saturated heterocycles. The molecule has 3 heterocycles. The largest absolute Gasteiger partial charge is 0.339 e. The summed E-state index contributed by atoms with van der Waals surface area (Å²) in [5, 5.41) is 3.97. The molecule has 0 atom stereocenters. The number of hydrogen-bond donors (Lipinski definition) is 0. The minimum Gasteiger partial charge on any atom is -0.339 e. The molecule has 3 aromatic heterocycles. The Balaban J connectivity index is 1.58. The number of rotatable bonds is 5. The summed E-state index contributed by atoms with van der Waals surface area (Å²) in [5.74, 6) is 1.24. The van der Waals surface area contributed by atoms with Gasteiger partial charge in [0.2, 0.25) is 11.7 Å². The topological polar surface area (TPSA) is 51.8 Å². The number of pyridine rings is 1. The molecule has 4 nitrogen and oxygen atoms in total. The molecule has 0 aromatic carbocycles. The summed E-state index contributed by atoms with van der Waals surface area (Å²) in [7, 11) is 0. The van der Waals surface area contributed by atoms with E-state index in [9.17, 15) is 0 Å². The fraction of sp³-hybridized carbons (Fsp3) is 0.267. The second kappa shape index (κ2) is 5.96. The van der Waals surface area contributed by atoms with E-state index in [2.05, 4.69) is 34.2 Å². The highest BCUT2D eigenvalue weighted by atomic mass is 32.1.